The van der Waals surface area contributed by atoms with Gasteiger partial charge in [0.25, 0.3) is 0 Å². The second-order valence-electron chi connectivity index (χ2n) is 4.44. The lowest BCUT2D eigenvalue weighted by Gasteiger charge is -2.06. The van der Waals surface area contributed by atoms with Crippen molar-refractivity contribution in [1.29, 1.82) is 0 Å². The van der Waals surface area contributed by atoms with Crippen molar-refractivity contribution in [3.63, 3.8) is 0 Å². The molecule has 5 nitrogen and oxygen atoms in total. The van der Waals surface area contributed by atoms with Crippen LogP contribution in [0, 0.1) is 0 Å². The number of amides is 2. The first-order valence-corrected chi connectivity index (χ1v) is 7.23. The Hall–Kier alpha value is -2.08. The van der Waals surface area contributed by atoms with Crippen molar-refractivity contribution in [2.75, 3.05) is 6.54 Å². The van der Waals surface area contributed by atoms with E-state index in [4.69, 9.17) is 4.42 Å². The Morgan fingerprint density at radius 1 is 1.10 bits per heavy atom. The molecule has 1 aromatic carbocycles. The number of rotatable bonds is 6. The largest absolute Gasteiger partial charge is 0.467 e. The van der Waals surface area contributed by atoms with Crippen LogP contribution in [0.1, 0.15) is 11.3 Å². The number of hydrogen-bond acceptors (Lipinski definition) is 3. The van der Waals surface area contributed by atoms with Gasteiger partial charge in [-0.3, -0.25) is 9.59 Å². The normalized spacial score (nSPS) is 10.1. The lowest BCUT2D eigenvalue weighted by atomic mass is 10.1. The van der Waals surface area contributed by atoms with Gasteiger partial charge in [-0.15, -0.1) is 0 Å². The van der Waals surface area contributed by atoms with Crippen LogP contribution in [-0.2, 0) is 22.6 Å². The quantitative estimate of drug-likeness (QED) is 0.837. The Morgan fingerprint density at radius 2 is 1.95 bits per heavy atom. The topological polar surface area (TPSA) is 71.3 Å². The first-order chi connectivity index (χ1) is 10.1. The van der Waals surface area contributed by atoms with Crippen molar-refractivity contribution < 1.29 is 14.0 Å². The molecule has 2 amide bonds. The van der Waals surface area contributed by atoms with Gasteiger partial charge in [-0.2, -0.15) is 0 Å². The molecule has 0 bridgehead atoms. The monoisotopic (exact) mass is 350 g/mol. The predicted octanol–water partition coefficient (Wildman–Crippen LogP) is 2.02. The summed E-state index contributed by atoms with van der Waals surface area (Å²) in [4.78, 5) is 23.3. The van der Waals surface area contributed by atoms with Crippen LogP contribution >= 0.6 is 15.9 Å². The summed E-state index contributed by atoms with van der Waals surface area (Å²) in [6.07, 6.45) is 1.78. The minimum absolute atomic E-state index is 0.0481. The van der Waals surface area contributed by atoms with Crippen molar-refractivity contribution in [3.8, 4) is 0 Å². The minimum atomic E-state index is -0.256. The molecule has 0 unspecified atom stereocenters. The van der Waals surface area contributed by atoms with Gasteiger partial charge < -0.3 is 15.1 Å². The highest BCUT2D eigenvalue weighted by atomic mass is 79.9. The second kappa shape index (κ2) is 7.64. The molecule has 2 N–H and O–H groups in total. The molecule has 0 fully saturated rings. The van der Waals surface area contributed by atoms with Crippen LogP contribution in [0.5, 0.6) is 0 Å². The molecule has 0 saturated carbocycles. The zero-order valence-corrected chi connectivity index (χ0v) is 12.9. The van der Waals surface area contributed by atoms with Crippen LogP contribution < -0.4 is 10.6 Å². The van der Waals surface area contributed by atoms with Crippen LogP contribution in [0.15, 0.2) is 51.6 Å². The van der Waals surface area contributed by atoms with Gasteiger partial charge in [-0.25, -0.2) is 0 Å². The van der Waals surface area contributed by atoms with Crippen LogP contribution in [0.25, 0.3) is 0 Å². The SMILES string of the molecule is O=C(CNC(=O)Cc1cccc(Br)c1)NCc1ccco1. The molecule has 2 aromatic rings. The molecule has 21 heavy (non-hydrogen) atoms. The van der Waals surface area contributed by atoms with E-state index in [0.29, 0.717) is 12.3 Å². The lowest BCUT2D eigenvalue weighted by Crippen LogP contribution is -2.37. The summed E-state index contributed by atoms with van der Waals surface area (Å²) in [6, 6.07) is 11.0. The lowest BCUT2D eigenvalue weighted by molar-refractivity contribution is -0.125. The van der Waals surface area contributed by atoms with E-state index in [1.807, 2.05) is 24.3 Å². The summed E-state index contributed by atoms with van der Waals surface area (Å²) in [5.41, 5.74) is 0.887. The molecule has 0 radical (unpaired) electrons. The average molecular weight is 351 g/mol. The predicted molar refractivity (Wildman–Crippen MR) is 81.4 cm³/mol. The fraction of sp³-hybridized carbons (Fsp3) is 0.200. The Labute approximate surface area is 130 Å². The van der Waals surface area contributed by atoms with E-state index in [1.54, 1.807) is 18.4 Å². The smallest absolute Gasteiger partial charge is 0.239 e. The molecular weight excluding hydrogens is 336 g/mol. The third-order valence-electron chi connectivity index (χ3n) is 2.74. The summed E-state index contributed by atoms with van der Waals surface area (Å²) in [5.74, 6) is 0.221. The van der Waals surface area contributed by atoms with E-state index >= 15 is 0 Å². The maximum atomic E-state index is 11.7. The van der Waals surface area contributed by atoms with Gasteiger partial charge in [0.1, 0.15) is 5.76 Å². The number of nitrogens with one attached hydrogen (secondary N) is 2. The van der Waals surface area contributed by atoms with E-state index < -0.39 is 0 Å². The van der Waals surface area contributed by atoms with E-state index in [1.165, 1.54) is 0 Å². The van der Waals surface area contributed by atoms with Crippen LogP contribution in [0.3, 0.4) is 0 Å². The third-order valence-corrected chi connectivity index (χ3v) is 3.23. The standard InChI is InChI=1S/C15H15BrN2O3/c16-12-4-1-3-11(7-12)8-14(19)18-10-15(20)17-9-13-5-2-6-21-13/h1-7H,8-10H2,(H,17,20)(H,18,19). The Kier molecular flexibility index (Phi) is 5.57. The van der Waals surface area contributed by atoms with E-state index in [2.05, 4.69) is 26.6 Å². The van der Waals surface area contributed by atoms with Gasteiger partial charge in [0.15, 0.2) is 0 Å². The van der Waals surface area contributed by atoms with Crippen molar-refractivity contribution in [3.05, 3.63) is 58.5 Å². The third kappa shape index (κ3) is 5.43. The van der Waals surface area contributed by atoms with Crippen molar-refractivity contribution in [2.24, 2.45) is 0 Å². The van der Waals surface area contributed by atoms with Gasteiger partial charge in [0, 0.05) is 4.47 Å². The summed E-state index contributed by atoms with van der Waals surface area (Å²) in [7, 11) is 0. The molecule has 0 atom stereocenters. The van der Waals surface area contributed by atoms with E-state index in [9.17, 15) is 9.59 Å². The number of halogens is 1. The number of carbonyl (C=O) groups is 2. The highest BCUT2D eigenvalue weighted by molar-refractivity contribution is 9.10. The molecule has 2 rings (SSSR count). The highest BCUT2D eigenvalue weighted by Crippen LogP contribution is 2.11. The molecule has 0 aliphatic rings. The minimum Gasteiger partial charge on any atom is -0.467 e. The fourth-order valence-electron chi connectivity index (χ4n) is 1.74. The van der Waals surface area contributed by atoms with E-state index in [-0.39, 0.29) is 24.8 Å². The molecule has 0 aliphatic heterocycles. The van der Waals surface area contributed by atoms with E-state index in [0.717, 1.165) is 10.0 Å². The zero-order valence-electron chi connectivity index (χ0n) is 11.3. The highest BCUT2D eigenvalue weighted by Gasteiger charge is 2.07. The van der Waals surface area contributed by atoms with Gasteiger partial charge in [-0.1, -0.05) is 28.1 Å². The summed E-state index contributed by atoms with van der Waals surface area (Å²) in [5, 5.41) is 5.24. The summed E-state index contributed by atoms with van der Waals surface area (Å²) < 4.78 is 6.01. The van der Waals surface area contributed by atoms with Gasteiger partial charge >= 0.3 is 0 Å². The molecule has 1 aromatic heterocycles. The van der Waals surface area contributed by atoms with Crippen molar-refractivity contribution in [1.82, 2.24) is 10.6 Å². The summed E-state index contributed by atoms with van der Waals surface area (Å²) in [6.45, 7) is 0.265. The average Bonchev–Trinajstić information content (AvgIpc) is 2.96. The molecule has 110 valence electrons. The molecule has 0 saturated heterocycles. The van der Waals surface area contributed by atoms with Gasteiger partial charge in [0.05, 0.1) is 25.8 Å². The molecular formula is C15H15BrN2O3. The Balaban J connectivity index is 1.69. The zero-order chi connectivity index (χ0) is 15.1. The number of furan rings is 1. The number of carbonyl (C=O) groups excluding carboxylic acids is 2. The van der Waals surface area contributed by atoms with Gasteiger partial charge in [0.2, 0.25) is 11.8 Å². The maximum absolute atomic E-state index is 11.7. The van der Waals surface area contributed by atoms with Gasteiger partial charge in [-0.05, 0) is 29.8 Å². The second-order valence-corrected chi connectivity index (χ2v) is 5.36. The number of hydrogen-bond donors (Lipinski definition) is 2. The molecule has 0 aliphatic carbocycles. The first-order valence-electron chi connectivity index (χ1n) is 6.44. The van der Waals surface area contributed by atoms with Crippen LogP contribution in [0.4, 0.5) is 0 Å². The summed E-state index contributed by atoms with van der Waals surface area (Å²) >= 11 is 3.35. The Morgan fingerprint density at radius 3 is 2.67 bits per heavy atom. The number of benzene rings is 1. The molecule has 0 spiro atoms. The Bertz CT molecular complexity index is 611. The fourth-order valence-corrected chi connectivity index (χ4v) is 2.18. The van der Waals surface area contributed by atoms with Crippen molar-refractivity contribution in [2.45, 2.75) is 13.0 Å². The van der Waals surface area contributed by atoms with Crippen LogP contribution in [-0.4, -0.2) is 18.4 Å². The maximum Gasteiger partial charge on any atom is 0.239 e. The first kappa shape index (κ1) is 15.3. The molecule has 1 heterocycles. The van der Waals surface area contributed by atoms with Crippen LogP contribution in [0.2, 0.25) is 0 Å². The van der Waals surface area contributed by atoms with Crippen molar-refractivity contribution >= 4 is 27.7 Å². The molecule has 6 heteroatoms.